The number of nitrogens with one attached hydrogen (secondary N) is 1. The minimum absolute atomic E-state index is 0.0718. The first-order valence-electron chi connectivity index (χ1n) is 3.54. The SMILES string of the molecule is NS(=O)(=O)c1cccc2cn[nH]c12. The van der Waals surface area contributed by atoms with Crippen LogP contribution in [0.25, 0.3) is 10.9 Å². The van der Waals surface area contributed by atoms with Crippen LogP contribution in [0.1, 0.15) is 0 Å². The number of benzene rings is 1. The summed E-state index contributed by atoms with van der Waals surface area (Å²) in [6.45, 7) is 0. The van der Waals surface area contributed by atoms with Gasteiger partial charge in [-0.25, -0.2) is 13.6 Å². The molecule has 5 nitrogen and oxygen atoms in total. The summed E-state index contributed by atoms with van der Waals surface area (Å²) < 4.78 is 22.1. The van der Waals surface area contributed by atoms with E-state index < -0.39 is 10.0 Å². The van der Waals surface area contributed by atoms with Gasteiger partial charge in [0.05, 0.1) is 11.7 Å². The number of hydrogen-bond donors (Lipinski definition) is 2. The monoisotopic (exact) mass is 197 g/mol. The number of sulfonamides is 1. The van der Waals surface area contributed by atoms with E-state index in [1.807, 2.05) is 0 Å². The van der Waals surface area contributed by atoms with Gasteiger partial charge in [-0.15, -0.1) is 0 Å². The van der Waals surface area contributed by atoms with Crippen molar-refractivity contribution < 1.29 is 8.42 Å². The second kappa shape index (κ2) is 2.54. The maximum Gasteiger partial charge on any atom is 0.240 e. The number of hydrogen-bond acceptors (Lipinski definition) is 3. The third kappa shape index (κ3) is 1.30. The highest BCUT2D eigenvalue weighted by molar-refractivity contribution is 7.89. The fraction of sp³-hybridized carbons (Fsp3) is 0. The zero-order valence-corrected chi connectivity index (χ0v) is 7.38. The number of para-hydroxylation sites is 1. The minimum Gasteiger partial charge on any atom is -0.276 e. The average molecular weight is 197 g/mol. The maximum absolute atomic E-state index is 11.1. The van der Waals surface area contributed by atoms with E-state index in [1.54, 1.807) is 18.3 Å². The summed E-state index contributed by atoms with van der Waals surface area (Å²) in [7, 11) is -3.67. The second-order valence-corrected chi connectivity index (χ2v) is 4.17. The van der Waals surface area contributed by atoms with Crippen LogP contribution in [-0.4, -0.2) is 18.6 Å². The summed E-state index contributed by atoms with van der Waals surface area (Å²) in [5.74, 6) is 0. The summed E-state index contributed by atoms with van der Waals surface area (Å²) in [5, 5.41) is 12.1. The lowest BCUT2D eigenvalue weighted by Crippen LogP contribution is -2.12. The molecule has 2 rings (SSSR count). The molecule has 68 valence electrons. The van der Waals surface area contributed by atoms with Crippen molar-refractivity contribution in [1.29, 1.82) is 0 Å². The van der Waals surface area contributed by atoms with E-state index in [9.17, 15) is 8.42 Å². The molecule has 1 aromatic heterocycles. The number of fused-ring (bicyclic) bond motifs is 1. The third-order valence-corrected chi connectivity index (χ3v) is 2.70. The van der Waals surface area contributed by atoms with Crippen molar-refractivity contribution >= 4 is 20.9 Å². The molecule has 13 heavy (non-hydrogen) atoms. The lowest BCUT2D eigenvalue weighted by molar-refractivity contribution is 0.598. The Labute approximate surface area is 74.6 Å². The lowest BCUT2D eigenvalue weighted by atomic mass is 10.3. The molecule has 0 bridgehead atoms. The molecule has 0 atom stereocenters. The molecule has 0 saturated heterocycles. The topological polar surface area (TPSA) is 88.8 Å². The van der Waals surface area contributed by atoms with Crippen LogP contribution in [0.4, 0.5) is 0 Å². The van der Waals surface area contributed by atoms with Gasteiger partial charge in [-0.2, -0.15) is 5.10 Å². The first-order valence-corrected chi connectivity index (χ1v) is 5.08. The van der Waals surface area contributed by atoms with E-state index in [1.165, 1.54) is 6.07 Å². The zero-order chi connectivity index (χ0) is 9.47. The van der Waals surface area contributed by atoms with E-state index in [4.69, 9.17) is 5.14 Å². The molecule has 0 radical (unpaired) electrons. The van der Waals surface area contributed by atoms with Crippen LogP contribution in [0.5, 0.6) is 0 Å². The number of nitrogens with two attached hydrogens (primary N) is 1. The molecule has 0 aliphatic carbocycles. The van der Waals surface area contributed by atoms with Gasteiger partial charge in [0.25, 0.3) is 0 Å². The van der Waals surface area contributed by atoms with Crippen LogP contribution in [0.15, 0.2) is 29.3 Å². The Bertz CT molecular complexity index is 544. The standard InChI is InChI=1S/C7H7N3O2S/c8-13(11,12)6-3-1-2-5-4-9-10-7(5)6/h1-4H,(H,9,10)(H2,8,11,12). The Hall–Kier alpha value is -1.40. The lowest BCUT2D eigenvalue weighted by Gasteiger charge is -1.97. The van der Waals surface area contributed by atoms with Crippen molar-refractivity contribution in [2.24, 2.45) is 5.14 Å². The van der Waals surface area contributed by atoms with E-state index in [0.29, 0.717) is 5.52 Å². The van der Waals surface area contributed by atoms with E-state index in [-0.39, 0.29) is 4.90 Å². The smallest absolute Gasteiger partial charge is 0.240 e. The molecule has 1 aromatic carbocycles. The van der Waals surface area contributed by atoms with Gasteiger partial charge in [0.1, 0.15) is 4.90 Å². The van der Waals surface area contributed by atoms with E-state index in [2.05, 4.69) is 10.2 Å². The van der Waals surface area contributed by atoms with Gasteiger partial charge in [-0.1, -0.05) is 12.1 Å². The van der Waals surface area contributed by atoms with E-state index >= 15 is 0 Å². The number of aromatic nitrogens is 2. The second-order valence-electron chi connectivity index (χ2n) is 2.64. The molecule has 0 unspecified atom stereocenters. The summed E-state index contributed by atoms with van der Waals surface area (Å²) in [6, 6.07) is 4.82. The highest BCUT2D eigenvalue weighted by atomic mass is 32.2. The predicted molar refractivity (Wildman–Crippen MR) is 47.5 cm³/mol. The number of rotatable bonds is 1. The zero-order valence-electron chi connectivity index (χ0n) is 6.56. The van der Waals surface area contributed by atoms with Crippen LogP contribution >= 0.6 is 0 Å². The van der Waals surface area contributed by atoms with Gasteiger partial charge < -0.3 is 0 Å². The third-order valence-electron chi connectivity index (χ3n) is 1.74. The maximum atomic E-state index is 11.1. The molecule has 1 heterocycles. The van der Waals surface area contributed by atoms with Crippen molar-refractivity contribution in [2.45, 2.75) is 4.90 Å². The normalized spacial score (nSPS) is 12.1. The molecular formula is C7H7N3O2S. The van der Waals surface area contributed by atoms with Crippen LogP contribution < -0.4 is 5.14 Å². The van der Waals surface area contributed by atoms with Crippen LogP contribution in [-0.2, 0) is 10.0 Å². The Morgan fingerprint density at radius 1 is 1.38 bits per heavy atom. The Morgan fingerprint density at radius 3 is 2.85 bits per heavy atom. The van der Waals surface area contributed by atoms with Gasteiger partial charge in [0.15, 0.2) is 0 Å². The van der Waals surface area contributed by atoms with Crippen molar-refractivity contribution in [1.82, 2.24) is 10.2 Å². The van der Waals surface area contributed by atoms with Crippen LogP contribution in [0, 0.1) is 0 Å². The average Bonchev–Trinajstić information content (AvgIpc) is 2.48. The molecule has 3 N–H and O–H groups in total. The van der Waals surface area contributed by atoms with Gasteiger partial charge >= 0.3 is 0 Å². The molecule has 6 heteroatoms. The van der Waals surface area contributed by atoms with Crippen LogP contribution in [0.3, 0.4) is 0 Å². The minimum atomic E-state index is -3.67. The molecular weight excluding hydrogens is 190 g/mol. The number of H-pyrrole nitrogens is 1. The van der Waals surface area contributed by atoms with Gasteiger partial charge in [0.2, 0.25) is 10.0 Å². The van der Waals surface area contributed by atoms with Crippen molar-refractivity contribution in [3.63, 3.8) is 0 Å². The quantitative estimate of drug-likeness (QED) is 0.684. The molecule has 0 saturated carbocycles. The highest BCUT2D eigenvalue weighted by Gasteiger charge is 2.12. The molecule has 2 aromatic rings. The summed E-state index contributed by atoms with van der Waals surface area (Å²) in [6.07, 6.45) is 1.55. The van der Waals surface area contributed by atoms with Gasteiger partial charge in [-0.3, -0.25) is 5.10 Å². The summed E-state index contributed by atoms with van der Waals surface area (Å²) in [5.41, 5.74) is 0.449. The molecule has 0 spiro atoms. The summed E-state index contributed by atoms with van der Waals surface area (Å²) >= 11 is 0. The first-order chi connectivity index (χ1) is 6.09. The van der Waals surface area contributed by atoms with Gasteiger partial charge in [-0.05, 0) is 6.07 Å². The molecule has 0 aliphatic heterocycles. The Balaban J connectivity index is 2.91. The van der Waals surface area contributed by atoms with Crippen molar-refractivity contribution in [2.75, 3.05) is 0 Å². The van der Waals surface area contributed by atoms with Gasteiger partial charge in [0, 0.05) is 5.39 Å². The predicted octanol–water partition coefficient (Wildman–Crippen LogP) is 0.210. The molecule has 0 fully saturated rings. The Kier molecular flexibility index (Phi) is 1.61. The first kappa shape index (κ1) is 8.21. The van der Waals surface area contributed by atoms with Crippen molar-refractivity contribution in [3.8, 4) is 0 Å². The van der Waals surface area contributed by atoms with Crippen molar-refractivity contribution in [3.05, 3.63) is 24.4 Å². The van der Waals surface area contributed by atoms with Crippen LogP contribution in [0.2, 0.25) is 0 Å². The number of primary sulfonamides is 1. The fourth-order valence-electron chi connectivity index (χ4n) is 1.18. The largest absolute Gasteiger partial charge is 0.276 e. The molecule has 0 amide bonds. The number of aromatic amines is 1. The summed E-state index contributed by atoms with van der Waals surface area (Å²) in [4.78, 5) is 0.0718. The van der Waals surface area contributed by atoms with E-state index in [0.717, 1.165) is 5.39 Å². The molecule has 0 aliphatic rings. The fourth-order valence-corrected chi connectivity index (χ4v) is 1.90. The highest BCUT2D eigenvalue weighted by Crippen LogP contribution is 2.18. The Morgan fingerprint density at radius 2 is 2.15 bits per heavy atom. The number of nitrogens with zero attached hydrogens (tertiary/aromatic N) is 1.